The number of nitrogens with zero attached hydrogens (tertiary/aromatic N) is 1. The van der Waals surface area contributed by atoms with Gasteiger partial charge in [0.25, 0.3) is 5.91 Å². The minimum absolute atomic E-state index is 0.0487. The molecular weight excluding hydrogens is 277 g/mol. The summed E-state index contributed by atoms with van der Waals surface area (Å²) >= 11 is 0. The second-order valence-corrected chi connectivity index (χ2v) is 5.67. The molecule has 1 unspecified atom stereocenters. The zero-order chi connectivity index (χ0) is 14.7. The molecule has 4 rings (SSSR count). The Kier molecular flexibility index (Phi) is 2.40. The molecule has 6 heteroatoms. The molecule has 2 fully saturated rings. The smallest absolute Gasteiger partial charge is 0.307 e. The molecule has 0 radical (unpaired) electrons. The van der Waals surface area contributed by atoms with Gasteiger partial charge in [-0.1, -0.05) is 12.1 Å². The largest absolute Gasteiger partial charge is 0.481 e. The number of hydrogen-bond acceptors (Lipinski definition) is 3. The van der Waals surface area contributed by atoms with Crippen molar-refractivity contribution in [2.75, 3.05) is 13.1 Å². The monoisotopic (exact) mass is 289 g/mol. The summed E-state index contributed by atoms with van der Waals surface area (Å²) in [6, 6.07) is 6.05. The average molecular weight is 289 g/mol. The van der Waals surface area contributed by atoms with Gasteiger partial charge in [-0.3, -0.25) is 9.59 Å². The van der Waals surface area contributed by atoms with Crippen molar-refractivity contribution in [2.45, 2.75) is 0 Å². The second-order valence-electron chi connectivity index (χ2n) is 5.67. The van der Waals surface area contributed by atoms with Crippen LogP contribution in [0.3, 0.4) is 0 Å². The third-order valence-electron chi connectivity index (χ3n) is 4.47. The molecule has 1 aliphatic heterocycles. The highest BCUT2D eigenvalue weighted by atomic mass is 19.1. The molecule has 1 N–H and O–H groups in total. The summed E-state index contributed by atoms with van der Waals surface area (Å²) in [5, 5.41) is 9.51. The summed E-state index contributed by atoms with van der Waals surface area (Å²) in [7, 11) is 0. The van der Waals surface area contributed by atoms with Crippen molar-refractivity contribution in [1.29, 1.82) is 0 Å². The number of furan rings is 1. The fourth-order valence-electron chi connectivity index (χ4n) is 3.35. The van der Waals surface area contributed by atoms with Crippen LogP contribution >= 0.6 is 0 Å². The maximum Gasteiger partial charge on any atom is 0.307 e. The number of halogens is 1. The van der Waals surface area contributed by atoms with Gasteiger partial charge in [0.1, 0.15) is 0 Å². The zero-order valence-electron chi connectivity index (χ0n) is 11.0. The van der Waals surface area contributed by atoms with Crippen molar-refractivity contribution >= 4 is 22.8 Å². The molecule has 3 atom stereocenters. The number of rotatable bonds is 2. The minimum Gasteiger partial charge on any atom is -0.481 e. The molecule has 2 aromatic rings. The minimum atomic E-state index is -0.789. The van der Waals surface area contributed by atoms with E-state index in [0.717, 1.165) is 0 Å². The molecule has 1 aromatic heterocycles. The molecule has 1 saturated heterocycles. The number of likely N-dealkylation sites (tertiary alicyclic amines) is 1. The molecule has 1 aliphatic carbocycles. The van der Waals surface area contributed by atoms with E-state index < -0.39 is 11.8 Å². The topological polar surface area (TPSA) is 70.8 Å². The molecule has 0 bridgehead atoms. The SMILES string of the molecule is O=C(O)C1[C@H]2CN(C(=O)c3cc4cccc(F)c4o3)C[C@@H]12. The lowest BCUT2D eigenvalue weighted by Crippen LogP contribution is -2.32. The van der Waals surface area contributed by atoms with E-state index >= 15 is 0 Å². The molecule has 1 saturated carbocycles. The van der Waals surface area contributed by atoms with E-state index in [-0.39, 0.29) is 35.0 Å². The van der Waals surface area contributed by atoms with Gasteiger partial charge in [0, 0.05) is 18.5 Å². The summed E-state index contributed by atoms with van der Waals surface area (Å²) in [6.07, 6.45) is 0. The molecular formula is C15H12FNO4. The first kappa shape index (κ1) is 12.4. The average Bonchev–Trinajstić information content (AvgIpc) is 2.84. The number of benzene rings is 1. The van der Waals surface area contributed by atoms with Gasteiger partial charge in [-0.25, -0.2) is 4.39 Å². The van der Waals surface area contributed by atoms with E-state index in [0.29, 0.717) is 18.5 Å². The number of carboxylic acid groups (broad SMARTS) is 1. The third kappa shape index (κ3) is 1.75. The third-order valence-corrected chi connectivity index (χ3v) is 4.47. The van der Waals surface area contributed by atoms with E-state index in [1.807, 2.05) is 0 Å². The normalized spacial score (nSPS) is 26.9. The molecule has 108 valence electrons. The quantitative estimate of drug-likeness (QED) is 0.917. The number of para-hydroxylation sites is 1. The van der Waals surface area contributed by atoms with Crippen LogP contribution in [0, 0.1) is 23.6 Å². The van der Waals surface area contributed by atoms with E-state index in [9.17, 15) is 14.0 Å². The van der Waals surface area contributed by atoms with Crippen molar-refractivity contribution in [3.8, 4) is 0 Å². The van der Waals surface area contributed by atoms with Crippen LogP contribution in [0.2, 0.25) is 0 Å². The summed E-state index contributed by atoms with van der Waals surface area (Å²) in [5.41, 5.74) is 0.0774. The van der Waals surface area contributed by atoms with Crippen LogP contribution in [-0.2, 0) is 4.79 Å². The Morgan fingerprint density at radius 1 is 1.29 bits per heavy atom. The first-order chi connectivity index (χ1) is 10.1. The van der Waals surface area contributed by atoms with E-state index in [1.54, 1.807) is 17.0 Å². The van der Waals surface area contributed by atoms with Gasteiger partial charge in [0.15, 0.2) is 17.2 Å². The van der Waals surface area contributed by atoms with Gasteiger partial charge in [-0.15, -0.1) is 0 Å². The van der Waals surface area contributed by atoms with E-state index in [1.165, 1.54) is 12.1 Å². The Balaban J connectivity index is 1.56. The number of fused-ring (bicyclic) bond motifs is 2. The van der Waals surface area contributed by atoms with Crippen molar-refractivity contribution in [3.63, 3.8) is 0 Å². The number of hydrogen-bond donors (Lipinski definition) is 1. The van der Waals surface area contributed by atoms with Crippen LogP contribution in [0.25, 0.3) is 11.0 Å². The number of carboxylic acids is 1. The number of amides is 1. The highest BCUT2D eigenvalue weighted by molar-refractivity contribution is 5.96. The van der Waals surface area contributed by atoms with Crippen molar-refractivity contribution in [3.05, 3.63) is 35.8 Å². The summed E-state index contributed by atoms with van der Waals surface area (Å²) in [5.74, 6) is -1.71. The molecule has 2 aliphatic rings. The standard InChI is InChI=1S/C15H12FNO4/c16-10-3-1-2-7-4-11(21-13(7)10)14(18)17-5-8-9(6-17)12(8)15(19)20/h1-4,8-9,12H,5-6H2,(H,19,20)/t8-,9+,12?. The lowest BCUT2D eigenvalue weighted by atomic mass is 10.2. The van der Waals surface area contributed by atoms with Crippen LogP contribution in [-0.4, -0.2) is 35.0 Å². The molecule has 2 heterocycles. The van der Waals surface area contributed by atoms with Gasteiger partial charge < -0.3 is 14.4 Å². The molecule has 1 aromatic carbocycles. The summed E-state index contributed by atoms with van der Waals surface area (Å²) in [4.78, 5) is 24.8. The maximum atomic E-state index is 13.6. The highest BCUT2D eigenvalue weighted by Gasteiger charge is 2.60. The molecule has 5 nitrogen and oxygen atoms in total. The predicted octanol–water partition coefficient (Wildman–Crippen LogP) is 1.97. The fraction of sp³-hybridized carbons (Fsp3) is 0.333. The first-order valence-electron chi connectivity index (χ1n) is 6.76. The molecule has 1 amide bonds. The van der Waals surface area contributed by atoms with E-state index in [2.05, 4.69) is 0 Å². The predicted molar refractivity (Wildman–Crippen MR) is 70.2 cm³/mol. The van der Waals surface area contributed by atoms with Gasteiger partial charge in [-0.05, 0) is 24.0 Å². The maximum absolute atomic E-state index is 13.6. The second kappa shape index (κ2) is 4.07. The fourth-order valence-corrected chi connectivity index (χ4v) is 3.35. The van der Waals surface area contributed by atoms with Crippen LogP contribution < -0.4 is 0 Å². The summed E-state index contributed by atoms with van der Waals surface area (Å²) in [6.45, 7) is 0.861. The highest BCUT2D eigenvalue weighted by Crippen LogP contribution is 2.52. The van der Waals surface area contributed by atoms with Crippen LogP contribution in [0.1, 0.15) is 10.6 Å². The number of carbonyl (C=O) groups is 2. The van der Waals surface area contributed by atoms with Crippen molar-refractivity contribution in [2.24, 2.45) is 17.8 Å². The van der Waals surface area contributed by atoms with E-state index in [4.69, 9.17) is 9.52 Å². The number of piperidine rings is 1. The Hall–Kier alpha value is -2.37. The van der Waals surface area contributed by atoms with Crippen LogP contribution in [0.15, 0.2) is 28.7 Å². The number of carbonyl (C=O) groups excluding carboxylic acids is 1. The lowest BCUT2D eigenvalue weighted by molar-refractivity contribution is -0.139. The zero-order valence-corrected chi connectivity index (χ0v) is 11.0. The van der Waals surface area contributed by atoms with Crippen molar-refractivity contribution < 1.29 is 23.5 Å². The Bertz CT molecular complexity index is 756. The van der Waals surface area contributed by atoms with Crippen molar-refractivity contribution in [1.82, 2.24) is 4.90 Å². The Labute approximate surface area is 118 Å². The van der Waals surface area contributed by atoms with Gasteiger partial charge in [0.05, 0.1) is 5.92 Å². The lowest BCUT2D eigenvalue weighted by Gasteiger charge is -2.17. The van der Waals surface area contributed by atoms with Gasteiger partial charge in [0.2, 0.25) is 0 Å². The Morgan fingerprint density at radius 3 is 2.62 bits per heavy atom. The molecule has 21 heavy (non-hydrogen) atoms. The van der Waals surface area contributed by atoms with Crippen LogP contribution in [0.4, 0.5) is 4.39 Å². The van der Waals surface area contributed by atoms with Crippen LogP contribution in [0.5, 0.6) is 0 Å². The molecule has 0 spiro atoms. The number of aliphatic carboxylic acids is 1. The van der Waals surface area contributed by atoms with Gasteiger partial charge >= 0.3 is 5.97 Å². The van der Waals surface area contributed by atoms with Gasteiger partial charge in [-0.2, -0.15) is 0 Å². The summed E-state index contributed by atoms with van der Waals surface area (Å²) < 4.78 is 18.9. The Morgan fingerprint density at radius 2 is 2.00 bits per heavy atom. The first-order valence-corrected chi connectivity index (χ1v) is 6.76.